The summed E-state index contributed by atoms with van der Waals surface area (Å²) >= 11 is 0. The van der Waals surface area contributed by atoms with Gasteiger partial charge in [0.15, 0.2) is 0 Å². The molecule has 1 atom stereocenters. The summed E-state index contributed by atoms with van der Waals surface area (Å²) in [5.41, 5.74) is 4.66. The first-order chi connectivity index (χ1) is 13.0. The standard InChI is InChI=1S/C20H26N4O3/c1-3-14(2)15-4-6-16(7-5-15)19(26)23-10-12-24(13-11-23)20(27)17-8-9-18(25)22-21-17/h4-7,14H,3,8-13H2,1-2H3,(H,22,25). The molecule has 0 bridgehead atoms. The van der Waals surface area contributed by atoms with E-state index < -0.39 is 0 Å². The number of nitrogens with zero attached hydrogens (tertiary/aromatic N) is 3. The van der Waals surface area contributed by atoms with E-state index in [2.05, 4.69) is 24.4 Å². The Hall–Kier alpha value is -2.70. The predicted molar refractivity (Wildman–Crippen MR) is 102 cm³/mol. The van der Waals surface area contributed by atoms with Gasteiger partial charge in [-0.1, -0.05) is 26.0 Å². The summed E-state index contributed by atoms with van der Waals surface area (Å²) in [5, 5.41) is 3.86. The van der Waals surface area contributed by atoms with E-state index in [1.54, 1.807) is 9.80 Å². The summed E-state index contributed by atoms with van der Waals surface area (Å²) < 4.78 is 0. The third kappa shape index (κ3) is 4.35. The van der Waals surface area contributed by atoms with E-state index in [0.717, 1.165) is 6.42 Å². The van der Waals surface area contributed by atoms with Crippen LogP contribution in [0.4, 0.5) is 0 Å². The summed E-state index contributed by atoms with van der Waals surface area (Å²) in [5.74, 6) is 0.164. The number of hydrogen-bond donors (Lipinski definition) is 1. The predicted octanol–water partition coefficient (Wildman–Crippen LogP) is 1.75. The molecule has 1 aromatic carbocycles. The van der Waals surface area contributed by atoms with Gasteiger partial charge < -0.3 is 9.80 Å². The molecule has 7 nitrogen and oxygen atoms in total. The van der Waals surface area contributed by atoms with Crippen molar-refractivity contribution in [1.29, 1.82) is 0 Å². The number of rotatable bonds is 4. The monoisotopic (exact) mass is 370 g/mol. The Morgan fingerprint density at radius 2 is 1.63 bits per heavy atom. The normalized spacial score (nSPS) is 18.6. The number of hydrazone groups is 1. The lowest BCUT2D eigenvalue weighted by atomic mass is 9.97. The SMILES string of the molecule is CCC(C)c1ccc(C(=O)N2CCN(C(=O)C3=NNC(=O)CC3)CC2)cc1. The molecule has 7 heteroatoms. The van der Waals surface area contributed by atoms with Crippen LogP contribution in [0.15, 0.2) is 29.4 Å². The van der Waals surface area contributed by atoms with Gasteiger partial charge in [-0.05, 0) is 30.0 Å². The molecule has 2 heterocycles. The van der Waals surface area contributed by atoms with Gasteiger partial charge in [0.25, 0.3) is 11.8 Å². The second kappa shape index (κ2) is 8.33. The van der Waals surface area contributed by atoms with E-state index in [1.165, 1.54) is 5.56 Å². The average molecular weight is 370 g/mol. The quantitative estimate of drug-likeness (QED) is 0.877. The van der Waals surface area contributed by atoms with E-state index in [0.29, 0.717) is 49.8 Å². The molecule has 1 saturated heterocycles. The molecular formula is C20H26N4O3. The fraction of sp³-hybridized carbons (Fsp3) is 0.500. The van der Waals surface area contributed by atoms with Crippen LogP contribution >= 0.6 is 0 Å². The number of carbonyl (C=O) groups is 3. The maximum Gasteiger partial charge on any atom is 0.270 e. The minimum absolute atomic E-state index is 0.0000656. The topological polar surface area (TPSA) is 82.1 Å². The van der Waals surface area contributed by atoms with Crippen molar-refractivity contribution < 1.29 is 14.4 Å². The molecule has 0 saturated carbocycles. The number of benzene rings is 1. The Kier molecular flexibility index (Phi) is 5.88. The lowest BCUT2D eigenvalue weighted by Gasteiger charge is -2.35. The fourth-order valence-corrected chi connectivity index (χ4v) is 3.30. The van der Waals surface area contributed by atoms with Crippen LogP contribution in [0, 0.1) is 0 Å². The van der Waals surface area contributed by atoms with Crippen LogP contribution in [0.1, 0.15) is 54.9 Å². The number of nitrogens with one attached hydrogen (secondary N) is 1. The van der Waals surface area contributed by atoms with E-state index in [9.17, 15) is 14.4 Å². The van der Waals surface area contributed by atoms with Crippen molar-refractivity contribution in [2.45, 2.75) is 39.0 Å². The molecule has 1 N–H and O–H groups in total. The molecule has 2 aliphatic rings. The highest BCUT2D eigenvalue weighted by atomic mass is 16.2. The van der Waals surface area contributed by atoms with Crippen LogP contribution in [0.5, 0.6) is 0 Å². The van der Waals surface area contributed by atoms with Gasteiger partial charge in [0.05, 0.1) is 0 Å². The Bertz CT molecular complexity index is 749. The second-order valence-electron chi connectivity index (χ2n) is 7.11. The molecule has 3 amide bonds. The van der Waals surface area contributed by atoms with E-state index in [-0.39, 0.29) is 24.1 Å². The number of carbonyl (C=O) groups excluding carboxylic acids is 3. The van der Waals surface area contributed by atoms with Gasteiger partial charge in [-0.2, -0.15) is 5.10 Å². The summed E-state index contributed by atoms with van der Waals surface area (Å²) in [6, 6.07) is 7.83. The van der Waals surface area contributed by atoms with Gasteiger partial charge in [0.1, 0.15) is 5.71 Å². The van der Waals surface area contributed by atoms with Crippen LogP contribution in [-0.4, -0.2) is 59.4 Å². The molecule has 1 aromatic rings. The van der Waals surface area contributed by atoms with Crippen molar-refractivity contribution in [1.82, 2.24) is 15.2 Å². The lowest BCUT2D eigenvalue weighted by Crippen LogP contribution is -2.52. The Morgan fingerprint density at radius 1 is 1.04 bits per heavy atom. The molecular weight excluding hydrogens is 344 g/mol. The molecule has 0 aromatic heterocycles. The van der Waals surface area contributed by atoms with E-state index in [1.807, 2.05) is 24.3 Å². The largest absolute Gasteiger partial charge is 0.335 e. The molecule has 2 aliphatic heterocycles. The zero-order chi connectivity index (χ0) is 19.4. The van der Waals surface area contributed by atoms with Crippen molar-refractivity contribution in [3.05, 3.63) is 35.4 Å². The van der Waals surface area contributed by atoms with Crippen molar-refractivity contribution >= 4 is 23.4 Å². The minimum Gasteiger partial charge on any atom is -0.335 e. The highest BCUT2D eigenvalue weighted by molar-refractivity contribution is 6.39. The molecule has 1 unspecified atom stereocenters. The Labute approximate surface area is 159 Å². The van der Waals surface area contributed by atoms with Gasteiger partial charge in [0, 0.05) is 44.6 Å². The van der Waals surface area contributed by atoms with Crippen LogP contribution in [0.25, 0.3) is 0 Å². The molecule has 27 heavy (non-hydrogen) atoms. The zero-order valence-corrected chi connectivity index (χ0v) is 15.9. The first-order valence-electron chi connectivity index (χ1n) is 9.53. The van der Waals surface area contributed by atoms with E-state index >= 15 is 0 Å². The average Bonchev–Trinajstić information content (AvgIpc) is 2.73. The molecule has 1 fully saturated rings. The van der Waals surface area contributed by atoms with Crippen molar-refractivity contribution in [2.24, 2.45) is 5.10 Å². The van der Waals surface area contributed by atoms with Crippen LogP contribution in [0.2, 0.25) is 0 Å². The maximum atomic E-state index is 12.7. The van der Waals surface area contributed by atoms with Crippen LogP contribution in [-0.2, 0) is 9.59 Å². The van der Waals surface area contributed by atoms with Gasteiger partial charge in [-0.3, -0.25) is 14.4 Å². The van der Waals surface area contributed by atoms with Crippen LogP contribution < -0.4 is 5.43 Å². The minimum atomic E-state index is -0.165. The maximum absolute atomic E-state index is 12.7. The fourth-order valence-electron chi connectivity index (χ4n) is 3.30. The molecule has 0 aliphatic carbocycles. The molecule has 144 valence electrons. The smallest absolute Gasteiger partial charge is 0.270 e. The highest BCUT2D eigenvalue weighted by Crippen LogP contribution is 2.19. The Morgan fingerprint density at radius 3 is 2.15 bits per heavy atom. The summed E-state index contributed by atoms with van der Waals surface area (Å²) in [4.78, 5) is 39.8. The number of hydrogen-bond acceptors (Lipinski definition) is 4. The highest BCUT2D eigenvalue weighted by Gasteiger charge is 2.28. The van der Waals surface area contributed by atoms with E-state index in [4.69, 9.17) is 0 Å². The first kappa shape index (κ1) is 19.1. The van der Waals surface area contributed by atoms with Crippen LogP contribution in [0.3, 0.4) is 0 Å². The van der Waals surface area contributed by atoms with Gasteiger partial charge in [-0.25, -0.2) is 5.43 Å². The van der Waals surface area contributed by atoms with Gasteiger partial charge >= 0.3 is 0 Å². The summed E-state index contributed by atoms with van der Waals surface area (Å²) in [7, 11) is 0. The van der Waals surface area contributed by atoms with Crippen molar-refractivity contribution in [2.75, 3.05) is 26.2 Å². The Balaban J connectivity index is 1.56. The second-order valence-corrected chi connectivity index (χ2v) is 7.11. The lowest BCUT2D eigenvalue weighted by molar-refractivity contribution is -0.126. The third-order valence-corrected chi connectivity index (χ3v) is 5.34. The van der Waals surface area contributed by atoms with Crippen molar-refractivity contribution in [3.63, 3.8) is 0 Å². The zero-order valence-electron chi connectivity index (χ0n) is 15.9. The molecule has 0 radical (unpaired) electrons. The number of piperazine rings is 1. The van der Waals surface area contributed by atoms with Crippen molar-refractivity contribution in [3.8, 4) is 0 Å². The number of amides is 3. The summed E-state index contributed by atoms with van der Waals surface area (Å²) in [6.45, 7) is 6.27. The third-order valence-electron chi connectivity index (χ3n) is 5.34. The van der Waals surface area contributed by atoms with Gasteiger partial charge in [-0.15, -0.1) is 0 Å². The molecule has 0 spiro atoms. The first-order valence-corrected chi connectivity index (χ1v) is 9.53. The summed E-state index contributed by atoms with van der Waals surface area (Å²) in [6.07, 6.45) is 1.72. The van der Waals surface area contributed by atoms with Gasteiger partial charge in [0.2, 0.25) is 5.91 Å². The molecule has 3 rings (SSSR count).